The van der Waals surface area contributed by atoms with E-state index >= 15 is 0 Å². The Kier molecular flexibility index (Phi) is 3.74. The van der Waals surface area contributed by atoms with E-state index in [1.807, 2.05) is 16.7 Å². The minimum atomic E-state index is 0.0402. The van der Waals surface area contributed by atoms with Crippen LogP contribution in [0.15, 0.2) is 41.3 Å². The van der Waals surface area contributed by atoms with Crippen molar-refractivity contribution in [3.05, 3.63) is 52.5 Å². The molecule has 0 spiro atoms. The van der Waals surface area contributed by atoms with Gasteiger partial charge in [-0.25, -0.2) is 4.98 Å². The number of imidazole rings is 1. The largest absolute Gasteiger partial charge is 0.390 e. The molecule has 0 aliphatic rings. The highest BCUT2D eigenvalue weighted by Crippen LogP contribution is 2.13. The van der Waals surface area contributed by atoms with Crippen LogP contribution in [0.25, 0.3) is 0 Å². The van der Waals surface area contributed by atoms with Gasteiger partial charge in [0.2, 0.25) is 0 Å². The fourth-order valence-corrected chi connectivity index (χ4v) is 2.07. The van der Waals surface area contributed by atoms with Gasteiger partial charge in [0, 0.05) is 11.0 Å². The molecule has 1 heterocycles. The van der Waals surface area contributed by atoms with Crippen LogP contribution in [0, 0.1) is 0 Å². The maximum absolute atomic E-state index is 9.08. The van der Waals surface area contributed by atoms with Gasteiger partial charge in [0.15, 0.2) is 0 Å². The third kappa shape index (κ3) is 2.71. The molecule has 1 aromatic carbocycles. The quantitative estimate of drug-likeness (QED) is 0.934. The lowest BCUT2D eigenvalue weighted by atomic mass is 10.1. The maximum Gasteiger partial charge on any atom is 0.0948 e. The first kappa shape index (κ1) is 11.4. The van der Waals surface area contributed by atoms with Gasteiger partial charge in [0.05, 0.1) is 24.8 Å². The van der Waals surface area contributed by atoms with E-state index in [9.17, 15) is 0 Å². The smallest absolute Gasteiger partial charge is 0.0948 e. The zero-order valence-electron chi connectivity index (χ0n) is 8.81. The molecular weight excluding hydrogens is 268 g/mol. The molecule has 0 atom stereocenters. The summed E-state index contributed by atoms with van der Waals surface area (Å²) in [7, 11) is 0. The summed E-state index contributed by atoms with van der Waals surface area (Å²) in [6, 6.07) is 8.25. The summed E-state index contributed by atoms with van der Waals surface area (Å²) < 4.78 is 3.07. The number of aliphatic hydroxyl groups is 1. The lowest BCUT2D eigenvalue weighted by Gasteiger charge is -2.06. The van der Waals surface area contributed by atoms with Gasteiger partial charge in [-0.05, 0) is 24.1 Å². The van der Waals surface area contributed by atoms with Crippen molar-refractivity contribution in [2.24, 2.45) is 0 Å². The molecular formula is C12H13BrN2O. The fraction of sp³-hybridized carbons (Fsp3) is 0.250. The lowest BCUT2D eigenvalue weighted by molar-refractivity contribution is 0.270. The van der Waals surface area contributed by atoms with Crippen molar-refractivity contribution in [2.75, 3.05) is 0 Å². The molecule has 0 aliphatic heterocycles. The predicted octanol–water partition coefficient (Wildman–Crippen LogP) is 2.38. The summed E-state index contributed by atoms with van der Waals surface area (Å²) in [4.78, 5) is 4.02. The van der Waals surface area contributed by atoms with Crippen molar-refractivity contribution < 1.29 is 5.11 Å². The van der Waals surface area contributed by atoms with E-state index in [0.29, 0.717) is 0 Å². The monoisotopic (exact) mass is 280 g/mol. The second kappa shape index (κ2) is 5.27. The van der Waals surface area contributed by atoms with E-state index in [4.69, 9.17) is 5.11 Å². The lowest BCUT2D eigenvalue weighted by Crippen LogP contribution is -2.04. The second-order valence-corrected chi connectivity index (χ2v) is 4.53. The van der Waals surface area contributed by atoms with Crippen molar-refractivity contribution in [3.63, 3.8) is 0 Å². The molecule has 0 fully saturated rings. The van der Waals surface area contributed by atoms with Crippen LogP contribution in [-0.2, 0) is 19.6 Å². The van der Waals surface area contributed by atoms with Gasteiger partial charge in [-0.2, -0.15) is 0 Å². The second-order valence-electron chi connectivity index (χ2n) is 3.62. The normalized spacial score (nSPS) is 10.6. The Hall–Kier alpha value is -1.13. The maximum atomic E-state index is 9.08. The molecule has 84 valence electrons. The van der Waals surface area contributed by atoms with Gasteiger partial charge in [0.25, 0.3) is 0 Å². The van der Waals surface area contributed by atoms with E-state index in [2.05, 4.69) is 33.0 Å². The van der Waals surface area contributed by atoms with E-state index in [1.165, 1.54) is 5.56 Å². The topological polar surface area (TPSA) is 38.1 Å². The predicted molar refractivity (Wildman–Crippen MR) is 66.0 cm³/mol. The highest BCUT2D eigenvalue weighted by molar-refractivity contribution is 9.10. The number of hydrogen-bond donors (Lipinski definition) is 1. The van der Waals surface area contributed by atoms with E-state index < -0.39 is 0 Å². The van der Waals surface area contributed by atoms with Crippen LogP contribution in [-0.4, -0.2) is 14.7 Å². The van der Waals surface area contributed by atoms with Crippen LogP contribution in [0.5, 0.6) is 0 Å². The third-order valence-corrected chi connectivity index (χ3v) is 2.98. The van der Waals surface area contributed by atoms with Gasteiger partial charge in [-0.1, -0.05) is 28.1 Å². The van der Waals surface area contributed by atoms with Crippen molar-refractivity contribution in [3.8, 4) is 0 Å². The minimum Gasteiger partial charge on any atom is -0.390 e. The van der Waals surface area contributed by atoms with Gasteiger partial charge in [0.1, 0.15) is 0 Å². The molecule has 0 saturated heterocycles. The van der Waals surface area contributed by atoms with E-state index in [0.717, 1.165) is 23.1 Å². The number of hydrogen-bond acceptors (Lipinski definition) is 2. The van der Waals surface area contributed by atoms with Crippen LogP contribution in [0.3, 0.4) is 0 Å². The highest BCUT2D eigenvalue weighted by atomic mass is 79.9. The van der Waals surface area contributed by atoms with Crippen molar-refractivity contribution in [1.82, 2.24) is 9.55 Å². The number of halogens is 1. The van der Waals surface area contributed by atoms with Crippen molar-refractivity contribution >= 4 is 15.9 Å². The molecule has 1 N–H and O–H groups in total. The Labute approximate surface area is 103 Å². The summed E-state index contributed by atoms with van der Waals surface area (Å²) in [5.41, 5.74) is 2.13. The van der Waals surface area contributed by atoms with Gasteiger partial charge in [-0.3, -0.25) is 0 Å². The molecule has 4 heteroatoms. The van der Waals surface area contributed by atoms with Crippen molar-refractivity contribution in [1.29, 1.82) is 0 Å². The standard InChI is InChI=1S/C12H13BrN2O/c13-11-3-1-2-10(6-11)4-5-15-9-14-7-12(15)8-16/h1-3,6-7,9,16H,4-5,8H2. The molecule has 3 nitrogen and oxygen atoms in total. The summed E-state index contributed by atoms with van der Waals surface area (Å²) in [5.74, 6) is 0. The van der Waals surface area contributed by atoms with Gasteiger partial charge < -0.3 is 9.67 Å². The molecule has 0 bridgehead atoms. The summed E-state index contributed by atoms with van der Waals surface area (Å²) >= 11 is 3.45. The first-order valence-corrected chi connectivity index (χ1v) is 5.93. The van der Waals surface area contributed by atoms with E-state index in [-0.39, 0.29) is 6.61 Å². The molecule has 16 heavy (non-hydrogen) atoms. The number of benzene rings is 1. The van der Waals surface area contributed by atoms with Crippen molar-refractivity contribution in [2.45, 2.75) is 19.6 Å². The van der Waals surface area contributed by atoms with Crippen LogP contribution in [0.2, 0.25) is 0 Å². The SMILES string of the molecule is OCc1cncn1CCc1cccc(Br)c1. The number of rotatable bonds is 4. The summed E-state index contributed by atoms with van der Waals surface area (Å²) in [6.45, 7) is 0.880. The average Bonchev–Trinajstić information content (AvgIpc) is 2.74. The fourth-order valence-electron chi connectivity index (χ4n) is 1.62. The Bertz CT molecular complexity index is 468. The Morgan fingerprint density at radius 1 is 1.38 bits per heavy atom. The van der Waals surface area contributed by atoms with Gasteiger partial charge in [-0.15, -0.1) is 0 Å². The number of aryl methyl sites for hydroxylation is 2. The first-order valence-electron chi connectivity index (χ1n) is 5.14. The van der Waals surface area contributed by atoms with Crippen LogP contribution in [0.1, 0.15) is 11.3 Å². The average molecular weight is 281 g/mol. The van der Waals surface area contributed by atoms with E-state index in [1.54, 1.807) is 12.5 Å². The molecule has 0 unspecified atom stereocenters. The molecule has 0 aliphatic carbocycles. The highest BCUT2D eigenvalue weighted by Gasteiger charge is 2.01. The summed E-state index contributed by atoms with van der Waals surface area (Å²) in [5, 5.41) is 9.08. The Morgan fingerprint density at radius 3 is 3.00 bits per heavy atom. The molecule has 0 radical (unpaired) electrons. The van der Waals surface area contributed by atoms with Crippen LogP contribution >= 0.6 is 15.9 Å². The Balaban J connectivity index is 2.02. The first-order chi connectivity index (χ1) is 7.79. The number of aromatic nitrogens is 2. The summed E-state index contributed by atoms with van der Waals surface area (Å²) in [6.07, 6.45) is 4.38. The third-order valence-electron chi connectivity index (χ3n) is 2.49. The zero-order chi connectivity index (χ0) is 11.4. The molecule has 1 aromatic heterocycles. The number of nitrogens with zero attached hydrogens (tertiary/aromatic N) is 2. The molecule has 2 aromatic rings. The molecule has 2 rings (SSSR count). The zero-order valence-corrected chi connectivity index (χ0v) is 10.4. The Morgan fingerprint density at radius 2 is 2.25 bits per heavy atom. The minimum absolute atomic E-state index is 0.0402. The molecule has 0 saturated carbocycles. The van der Waals surface area contributed by atoms with Crippen LogP contribution in [0.4, 0.5) is 0 Å². The number of aliphatic hydroxyl groups excluding tert-OH is 1. The molecule has 0 amide bonds. The van der Waals surface area contributed by atoms with Gasteiger partial charge >= 0.3 is 0 Å². The van der Waals surface area contributed by atoms with Crippen LogP contribution < -0.4 is 0 Å².